The molecule has 4 nitrogen and oxygen atoms in total. The monoisotopic (exact) mass is 375 g/mol. The van der Waals surface area contributed by atoms with Gasteiger partial charge in [-0.25, -0.2) is 0 Å². The van der Waals surface area contributed by atoms with Crippen LogP contribution in [0, 0.1) is 20.8 Å². The minimum atomic E-state index is -0.523. The molecular weight excluding hydrogens is 350 g/mol. The summed E-state index contributed by atoms with van der Waals surface area (Å²) in [5, 5.41) is 3.52. The molecule has 26 heavy (non-hydrogen) atoms. The Kier molecular flexibility index (Phi) is 7.34. The van der Waals surface area contributed by atoms with E-state index in [0.29, 0.717) is 30.3 Å². The summed E-state index contributed by atoms with van der Waals surface area (Å²) in [6.45, 7) is 8.65. The number of ether oxygens (including phenoxy) is 2. The van der Waals surface area contributed by atoms with Crippen LogP contribution in [0.3, 0.4) is 0 Å². The molecule has 0 saturated carbocycles. The number of carbonyl (C=O) groups is 1. The molecule has 0 aliphatic heterocycles. The number of rotatable bonds is 8. The van der Waals surface area contributed by atoms with Crippen LogP contribution in [0.2, 0.25) is 5.02 Å². The summed E-state index contributed by atoms with van der Waals surface area (Å²) < 4.78 is 11.5. The second kappa shape index (κ2) is 9.48. The number of halogens is 1. The number of nitrogens with one attached hydrogen (secondary N) is 1. The second-order valence-electron chi connectivity index (χ2n) is 6.39. The van der Waals surface area contributed by atoms with Gasteiger partial charge < -0.3 is 14.8 Å². The van der Waals surface area contributed by atoms with E-state index in [4.69, 9.17) is 21.1 Å². The summed E-state index contributed by atoms with van der Waals surface area (Å²) in [5.41, 5.74) is 3.22. The molecule has 0 spiro atoms. The second-order valence-corrected chi connectivity index (χ2v) is 6.80. The van der Waals surface area contributed by atoms with Crippen molar-refractivity contribution in [1.29, 1.82) is 0 Å². The number of hydrogen-bond donors (Lipinski definition) is 1. The standard InChI is InChI=1S/C21H26ClNO3/c1-5-20(26-18-11-14(2)10-15(3)12-18)21(24)23-8-9-25-17-7-6-16(4)19(22)13-17/h6-7,10-13,20H,5,8-9H2,1-4H3,(H,23,24)/t20-/m1/s1. The predicted molar refractivity (Wildman–Crippen MR) is 105 cm³/mol. The summed E-state index contributed by atoms with van der Waals surface area (Å²) in [6, 6.07) is 11.5. The van der Waals surface area contributed by atoms with Crippen molar-refractivity contribution in [3.63, 3.8) is 0 Å². The highest BCUT2D eigenvalue weighted by Crippen LogP contribution is 2.21. The fourth-order valence-corrected chi connectivity index (χ4v) is 2.78. The van der Waals surface area contributed by atoms with Crippen molar-refractivity contribution in [3.8, 4) is 11.5 Å². The van der Waals surface area contributed by atoms with Gasteiger partial charge in [-0.2, -0.15) is 0 Å². The van der Waals surface area contributed by atoms with Crippen LogP contribution in [0.25, 0.3) is 0 Å². The highest BCUT2D eigenvalue weighted by molar-refractivity contribution is 6.31. The fraction of sp³-hybridized carbons (Fsp3) is 0.381. The van der Waals surface area contributed by atoms with Crippen LogP contribution in [-0.4, -0.2) is 25.2 Å². The van der Waals surface area contributed by atoms with Gasteiger partial charge in [0.1, 0.15) is 18.1 Å². The van der Waals surface area contributed by atoms with Crippen LogP contribution in [0.1, 0.15) is 30.0 Å². The Balaban J connectivity index is 1.82. The zero-order valence-electron chi connectivity index (χ0n) is 15.8. The first kappa shape index (κ1) is 20.1. The van der Waals surface area contributed by atoms with E-state index in [1.54, 1.807) is 6.07 Å². The molecule has 140 valence electrons. The molecule has 0 unspecified atom stereocenters. The lowest BCUT2D eigenvalue weighted by Gasteiger charge is -2.18. The Morgan fingerprint density at radius 1 is 1.08 bits per heavy atom. The van der Waals surface area contributed by atoms with E-state index in [1.807, 2.05) is 52.0 Å². The van der Waals surface area contributed by atoms with Gasteiger partial charge in [-0.15, -0.1) is 0 Å². The lowest BCUT2D eigenvalue weighted by molar-refractivity contribution is -0.128. The molecule has 0 radical (unpaired) electrons. The number of aryl methyl sites for hydroxylation is 3. The maximum Gasteiger partial charge on any atom is 0.261 e. The van der Waals surface area contributed by atoms with Crippen molar-refractivity contribution in [3.05, 3.63) is 58.1 Å². The number of amides is 1. The van der Waals surface area contributed by atoms with Crippen molar-refractivity contribution >= 4 is 17.5 Å². The molecule has 5 heteroatoms. The average Bonchev–Trinajstić information content (AvgIpc) is 2.58. The van der Waals surface area contributed by atoms with Gasteiger partial charge in [0.05, 0.1) is 6.54 Å². The lowest BCUT2D eigenvalue weighted by Crippen LogP contribution is -2.39. The van der Waals surface area contributed by atoms with Gasteiger partial charge in [-0.05, 0) is 68.1 Å². The van der Waals surface area contributed by atoms with E-state index in [9.17, 15) is 4.79 Å². The lowest BCUT2D eigenvalue weighted by atomic mass is 10.1. The van der Waals surface area contributed by atoms with Crippen LogP contribution in [0.15, 0.2) is 36.4 Å². The SMILES string of the molecule is CC[C@@H](Oc1cc(C)cc(C)c1)C(=O)NCCOc1ccc(C)c(Cl)c1. The van der Waals surface area contributed by atoms with Crippen LogP contribution in [-0.2, 0) is 4.79 Å². The van der Waals surface area contributed by atoms with Crippen molar-refractivity contribution in [2.45, 2.75) is 40.2 Å². The van der Waals surface area contributed by atoms with E-state index < -0.39 is 6.10 Å². The van der Waals surface area contributed by atoms with Crippen molar-refractivity contribution in [2.75, 3.05) is 13.2 Å². The van der Waals surface area contributed by atoms with Gasteiger partial charge in [0, 0.05) is 5.02 Å². The zero-order valence-corrected chi connectivity index (χ0v) is 16.5. The van der Waals surface area contributed by atoms with Crippen molar-refractivity contribution in [2.24, 2.45) is 0 Å². The number of carbonyl (C=O) groups excluding carboxylic acids is 1. The largest absolute Gasteiger partial charge is 0.492 e. The predicted octanol–water partition coefficient (Wildman–Crippen LogP) is 4.62. The quantitative estimate of drug-likeness (QED) is 0.685. The molecule has 1 N–H and O–H groups in total. The Bertz CT molecular complexity index is 741. The van der Waals surface area contributed by atoms with E-state index in [1.165, 1.54) is 0 Å². The normalized spacial score (nSPS) is 11.7. The molecule has 0 heterocycles. The minimum absolute atomic E-state index is 0.141. The summed E-state index contributed by atoms with van der Waals surface area (Å²) in [5.74, 6) is 1.26. The van der Waals surface area contributed by atoms with Crippen LogP contribution >= 0.6 is 11.6 Å². The van der Waals surface area contributed by atoms with Gasteiger partial charge in [0.15, 0.2) is 6.10 Å². The van der Waals surface area contributed by atoms with E-state index in [-0.39, 0.29) is 5.91 Å². The molecule has 0 aliphatic rings. The smallest absolute Gasteiger partial charge is 0.261 e. The molecule has 2 aromatic carbocycles. The minimum Gasteiger partial charge on any atom is -0.492 e. The summed E-state index contributed by atoms with van der Waals surface area (Å²) in [4.78, 5) is 12.3. The third-order valence-corrected chi connectivity index (χ3v) is 4.36. The summed E-state index contributed by atoms with van der Waals surface area (Å²) >= 11 is 6.07. The first-order valence-electron chi connectivity index (χ1n) is 8.80. The van der Waals surface area contributed by atoms with Crippen LogP contribution < -0.4 is 14.8 Å². The molecule has 1 atom stereocenters. The van der Waals surface area contributed by atoms with Gasteiger partial charge in [0.2, 0.25) is 0 Å². The molecule has 0 fully saturated rings. The van der Waals surface area contributed by atoms with Gasteiger partial charge >= 0.3 is 0 Å². The summed E-state index contributed by atoms with van der Waals surface area (Å²) in [6.07, 6.45) is 0.0674. The highest BCUT2D eigenvalue weighted by Gasteiger charge is 2.18. The molecule has 0 aliphatic carbocycles. The molecule has 0 aromatic heterocycles. The Labute approximate surface area is 160 Å². The molecule has 1 amide bonds. The third-order valence-electron chi connectivity index (χ3n) is 3.95. The molecule has 2 aromatic rings. The Morgan fingerprint density at radius 2 is 1.77 bits per heavy atom. The first-order valence-corrected chi connectivity index (χ1v) is 9.18. The maximum atomic E-state index is 12.3. The number of benzene rings is 2. The third kappa shape index (κ3) is 5.95. The van der Waals surface area contributed by atoms with Gasteiger partial charge in [-0.3, -0.25) is 4.79 Å². The molecule has 0 bridgehead atoms. The van der Waals surface area contributed by atoms with E-state index in [0.717, 1.165) is 22.4 Å². The van der Waals surface area contributed by atoms with Gasteiger partial charge in [0.25, 0.3) is 5.91 Å². The van der Waals surface area contributed by atoms with Crippen molar-refractivity contribution < 1.29 is 14.3 Å². The first-order chi connectivity index (χ1) is 12.4. The Hall–Kier alpha value is -2.20. The zero-order chi connectivity index (χ0) is 19.1. The highest BCUT2D eigenvalue weighted by atomic mass is 35.5. The Morgan fingerprint density at radius 3 is 2.38 bits per heavy atom. The van der Waals surface area contributed by atoms with E-state index in [2.05, 4.69) is 11.4 Å². The van der Waals surface area contributed by atoms with Crippen molar-refractivity contribution in [1.82, 2.24) is 5.32 Å². The molecular formula is C21H26ClNO3. The average molecular weight is 376 g/mol. The van der Waals surface area contributed by atoms with Crippen LogP contribution in [0.4, 0.5) is 0 Å². The van der Waals surface area contributed by atoms with E-state index >= 15 is 0 Å². The molecule has 2 rings (SSSR count). The maximum absolute atomic E-state index is 12.3. The van der Waals surface area contributed by atoms with Crippen LogP contribution in [0.5, 0.6) is 11.5 Å². The topological polar surface area (TPSA) is 47.6 Å². The molecule has 0 saturated heterocycles. The summed E-state index contributed by atoms with van der Waals surface area (Å²) in [7, 11) is 0. The fourth-order valence-electron chi connectivity index (χ4n) is 2.61. The number of hydrogen-bond acceptors (Lipinski definition) is 3. The van der Waals surface area contributed by atoms with Gasteiger partial charge in [-0.1, -0.05) is 30.7 Å².